The Labute approximate surface area is 178 Å². The van der Waals surface area contributed by atoms with Gasteiger partial charge in [0.2, 0.25) is 0 Å². The number of alkyl halides is 1. The van der Waals surface area contributed by atoms with Crippen LogP contribution in [-0.2, 0) is 0 Å². The maximum absolute atomic E-state index is 14.0. The van der Waals surface area contributed by atoms with Crippen molar-refractivity contribution in [3.05, 3.63) is 42.0 Å². The molecule has 0 radical (unpaired) electrons. The molecule has 0 aromatic carbocycles. The molecule has 3 N–H and O–H groups in total. The molecule has 1 aliphatic rings. The number of nitriles is 1. The predicted octanol–water partition coefficient (Wildman–Crippen LogP) is 2.10. The van der Waals surface area contributed by atoms with Gasteiger partial charge in [-0.15, -0.1) is 0 Å². The lowest BCUT2D eigenvalue weighted by atomic mass is 10.0. The summed E-state index contributed by atoms with van der Waals surface area (Å²) in [5, 5.41) is 24.6. The van der Waals surface area contributed by atoms with Crippen molar-refractivity contribution in [2.45, 2.75) is 44.5 Å². The summed E-state index contributed by atoms with van der Waals surface area (Å²) in [5.41, 5.74) is 0.796. The fourth-order valence-electron chi connectivity index (χ4n) is 2.98. The van der Waals surface area contributed by atoms with Gasteiger partial charge in [-0.25, -0.2) is 19.3 Å². The van der Waals surface area contributed by atoms with Crippen molar-refractivity contribution in [2.24, 2.45) is 0 Å². The maximum Gasteiger partial charge on any atom is 0.255 e. The Morgan fingerprint density at radius 1 is 1.35 bits per heavy atom. The number of aromatic nitrogens is 4. The van der Waals surface area contributed by atoms with E-state index in [4.69, 9.17) is 5.26 Å². The topological polar surface area (TPSA) is 129 Å². The molecule has 3 aromatic heterocycles. The zero-order valence-electron chi connectivity index (χ0n) is 17.1. The normalized spacial score (nSPS) is 14.8. The second-order valence-electron chi connectivity index (χ2n) is 8.13. The zero-order valence-corrected chi connectivity index (χ0v) is 17.1. The number of pyridine rings is 2. The van der Waals surface area contributed by atoms with Crippen molar-refractivity contribution < 1.29 is 14.3 Å². The van der Waals surface area contributed by atoms with E-state index < -0.39 is 17.7 Å². The van der Waals surface area contributed by atoms with E-state index in [-0.39, 0.29) is 18.2 Å². The van der Waals surface area contributed by atoms with Gasteiger partial charge in [0.15, 0.2) is 5.65 Å². The van der Waals surface area contributed by atoms with Gasteiger partial charge in [0.05, 0.1) is 29.0 Å². The van der Waals surface area contributed by atoms with Crippen molar-refractivity contribution >= 4 is 22.8 Å². The van der Waals surface area contributed by atoms with Crippen LogP contribution in [0.3, 0.4) is 0 Å². The number of imidazole rings is 1. The first-order chi connectivity index (χ1) is 14.8. The average Bonchev–Trinajstić information content (AvgIpc) is 3.46. The van der Waals surface area contributed by atoms with E-state index in [0.717, 1.165) is 12.8 Å². The van der Waals surface area contributed by atoms with Crippen molar-refractivity contribution in [3.8, 4) is 11.9 Å². The lowest BCUT2D eigenvalue weighted by molar-refractivity contribution is -0.00177. The third kappa shape index (κ3) is 4.46. The zero-order chi connectivity index (χ0) is 22.2. The standard InChI is InChI=1S/C21H22FN7O2/c1-21(2,31)17(22)10-26-20(30)14-9-24-18(6-15(14)28-13-3-4-13)29-11-27-16-5-12(7-23)8-25-19(16)29/h5-6,8-9,11,13,17,31H,3-4,10H2,1-2H3,(H,24,28)(H,26,30). The van der Waals surface area contributed by atoms with Crippen LogP contribution in [-0.4, -0.2) is 54.9 Å². The molecule has 1 atom stereocenters. The summed E-state index contributed by atoms with van der Waals surface area (Å²) in [6.45, 7) is 2.39. The number of nitrogens with zero attached hydrogens (tertiary/aromatic N) is 5. The molecule has 0 saturated heterocycles. The molecule has 9 nitrogen and oxygen atoms in total. The summed E-state index contributed by atoms with van der Waals surface area (Å²) in [4.78, 5) is 25.6. The number of anilines is 1. The summed E-state index contributed by atoms with van der Waals surface area (Å²) in [7, 11) is 0. The largest absolute Gasteiger partial charge is 0.387 e. The minimum absolute atomic E-state index is 0.267. The van der Waals surface area contributed by atoms with E-state index in [1.807, 2.05) is 6.07 Å². The van der Waals surface area contributed by atoms with E-state index in [2.05, 4.69) is 25.6 Å². The van der Waals surface area contributed by atoms with Gasteiger partial charge in [-0.1, -0.05) is 0 Å². The first-order valence-corrected chi connectivity index (χ1v) is 9.91. The molecular formula is C21H22FN7O2. The summed E-state index contributed by atoms with van der Waals surface area (Å²) in [5.74, 6) is 0.0145. The van der Waals surface area contributed by atoms with Gasteiger partial charge in [-0.3, -0.25) is 9.36 Å². The van der Waals surface area contributed by atoms with Crippen molar-refractivity contribution in [1.29, 1.82) is 5.26 Å². The number of hydrogen-bond donors (Lipinski definition) is 3. The van der Waals surface area contributed by atoms with Crippen LogP contribution in [0.4, 0.5) is 10.1 Å². The molecule has 4 rings (SSSR count). The molecule has 1 amide bonds. The molecule has 1 aliphatic carbocycles. The first kappa shape index (κ1) is 20.7. The molecule has 0 bridgehead atoms. The Bertz CT molecular complexity index is 1170. The number of amides is 1. The van der Waals surface area contributed by atoms with E-state index in [1.54, 1.807) is 23.0 Å². The summed E-state index contributed by atoms with van der Waals surface area (Å²) in [6, 6.07) is 5.66. The Morgan fingerprint density at radius 2 is 2.13 bits per heavy atom. The Hall–Kier alpha value is -3.58. The molecule has 1 saturated carbocycles. The molecule has 1 fully saturated rings. The second kappa shape index (κ2) is 7.92. The van der Waals surface area contributed by atoms with Crippen LogP contribution < -0.4 is 10.6 Å². The van der Waals surface area contributed by atoms with E-state index >= 15 is 0 Å². The van der Waals surface area contributed by atoms with Gasteiger partial charge in [-0.05, 0) is 32.8 Å². The average molecular weight is 423 g/mol. The molecule has 3 aromatic rings. The molecule has 160 valence electrons. The number of halogens is 1. The van der Waals surface area contributed by atoms with Gasteiger partial charge < -0.3 is 15.7 Å². The van der Waals surface area contributed by atoms with Crippen LogP contribution in [0.15, 0.2) is 30.9 Å². The molecular weight excluding hydrogens is 401 g/mol. The SMILES string of the molecule is CC(C)(O)C(F)CNC(=O)c1cnc(-n2cnc3cc(C#N)cnc32)cc1NC1CC1. The third-order valence-corrected chi connectivity index (χ3v) is 5.04. The fourth-order valence-corrected chi connectivity index (χ4v) is 2.98. The molecule has 0 spiro atoms. The Morgan fingerprint density at radius 3 is 2.81 bits per heavy atom. The highest BCUT2D eigenvalue weighted by Gasteiger charge is 2.28. The molecule has 3 heterocycles. The van der Waals surface area contributed by atoms with Crippen molar-refractivity contribution in [1.82, 2.24) is 24.8 Å². The van der Waals surface area contributed by atoms with Crippen LogP contribution in [0.5, 0.6) is 0 Å². The minimum atomic E-state index is -1.61. The second-order valence-corrected chi connectivity index (χ2v) is 8.13. The lowest BCUT2D eigenvalue weighted by Crippen LogP contribution is -2.42. The van der Waals surface area contributed by atoms with Gasteiger partial charge in [0.1, 0.15) is 29.9 Å². The maximum atomic E-state index is 14.0. The van der Waals surface area contributed by atoms with Gasteiger partial charge >= 0.3 is 0 Å². The van der Waals surface area contributed by atoms with Crippen LogP contribution in [0, 0.1) is 11.3 Å². The fraction of sp³-hybridized carbons (Fsp3) is 0.381. The number of aliphatic hydroxyl groups is 1. The van der Waals surface area contributed by atoms with E-state index in [9.17, 15) is 14.3 Å². The van der Waals surface area contributed by atoms with Crippen LogP contribution in [0.2, 0.25) is 0 Å². The Kier molecular flexibility index (Phi) is 5.29. The summed E-state index contributed by atoms with van der Waals surface area (Å²) < 4.78 is 15.7. The van der Waals surface area contributed by atoms with Crippen LogP contribution in [0.25, 0.3) is 17.0 Å². The predicted molar refractivity (Wildman–Crippen MR) is 112 cm³/mol. The number of carbonyl (C=O) groups is 1. The number of rotatable bonds is 7. The Balaban J connectivity index is 1.63. The molecule has 10 heteroatoms. The number of carbonyl (C=O) groups excluding carboxylic acids is 1. The lowest BCUT2D eigenvalue weighted by Gasteiger charge is -2.22. The quantitative estimate of drug-likeness (QED) is 0.531. The van der Waals surface area contributed by atoms with Gasteiger partial charge in [-0.2, -0.15) is 5.26 Å². The monoisotopic (exact) mass is 423 g/mol. The molecule has 1 unspecified atom stereocenters. The van der Waals surface area contributed by atoms with Crippen molar-refractivity contribution in [3.63, 3.8) is 0 Å². The molecule has 31 heavy (non-hydrogen) atoms. The van der Waals surface area contributed by atoms with E-state index in [1.165, 1.54) is 26.2 Å². The first-order valence-electron chi connectivity index (χ1n) is 9.91. The van der Waals surface area contributed by atoms with Gasteiger partial charge in [0, 0.05) is 24.5 Å². The van der Waals surface area contributed by atoms with Crippen molar-refractivity contribution in [2.75, 3.05) is 11.9 Å². The van der Waals surface area contributed by atoms with Crippen LogP contribution >= 0.6 is 0 Å². The summed E-state index contributed by atoms with van der Waals surface area (Å²) in [6.07, 6.45) is 4.82. The molecule has 0 aliphatic heterocycles. The minimum Gasteiger partial charge on any atom is -0.387 e. The number of nitrogens with one attached hydrogen (secondary N) is 2. The number of hydrogen-bond acceptors (Lipinski definition) is 7. The summed E-state index contributed by atoms with van der Waals surface area (Å²) >= 11 is 0. The highest BCUT2D eigenvalue weighted by Crippen LogP contribution is 2.28. The van der Waals surface area contributed by atoms with Crippen LogP contribution in [0.1, 0.15) is 42.6 Å². The van der Waals surface area contributed by atoms with Gasteiger partial charge in [0.25, 0.3) is 5.91 Å². The highest BCUT2D eigenvalue weighted by atomic mass is 19.1. The highest BCUT2D eigenvalue weighted by molar-refractivity contribution is 5.99. The van der Waals surface area contributed by atoms with E-state index in [0.29, 0.717) is 28.2 Å². The smallest absolute Gasteiger partial charge is 0.255 e. The number of fused-ring (bicyclic) bond motifs is 1. The third-order valence-electron chi connectivity index (χ3n) is 5.04.